The summed E-state index contributed by atoms with van der Waals surface area (Å²) in [5, 5.41) is 14.8. The van der Waals surface area contributed by atoms with Gasteiger partial charge in [0, 0.05) is 47.9 Å². The van der Waals surface area contributed by atoms with Gasteiger partial charge >= 0.3 is 5.97 Å². The highest BCUT2D eigenvalue weighted by molar-refractivity contribution is 6.31. The second kappa shape index (κ2) is 10.4. The van der Waals surface area contributed by atoms with Gasteiger partial charge in [0.05, 0.1) is 12.5 Å². The predicted molar refractivity (Wildman–Crippen MR) is 135 cm³/mol. The Hall–Kier alpha value is -3.59. The average molecular weight is 526 g/mol. The molecular weight excluding hydrogens is 498 g/mol. The van der Waals surface area contributed by atoms with E-state index in [2.05, 4.69) is 5.16 Å². The van der Waals surface area contributed by atoms with Crippen LogP contribution in [0, 0.1) is 5.92 Å². The van der Waals surface area contributed by atoms with Gasteiger partial charge in [-0.05, 0) is 42.7 Å². The lowest BCUT2D eigenvalue weighted by molar-refractivity contribution is -0.146. The summed E-state index contributed by atoms with van der Waals surface area (Å²) < 4.78 is 11.7. The van der Waals surface area contributed by atoms with Crippen molar-refractivity contribution in [2.45, 2.75) is 45.3 Å². The number of carbonyl (C=O) groups is 3. The number of ether oxygens (including phenoxy) is 1. The van der Waals surface area contributed by atoms with Crippen molar-refractivity contribution in [3.05, 3.63) is 58.2 Å². The zero-order valence-electron chi connectivity index (χ0n) is 20.5. The number of carboxylic acids is 1. The molecule has 10 heteroatoms. The van der Waals surface area contributed by atoms with Crippen molar-refractivity contribution in [3.63, 3.8) is 0 Å². The first kappa shape index (κ1) is 25.1. The average Bonchev–Trinajstić information content (AvgIpc) is 3.48. The van der Waals surface area contributed by atoms with E-state index in [9.17, 15) is 19.5 Å². The Labute approximate surface area is 218 Å². The molecule has 1 N–H and O–H groups in total. The molecule has 5 rings (SSSR count). The highest BCUT2D eigenvalue weighted by atomic mass is 35.5. The van der Waals surface area contributed by atoms with E-state index >= 15 is 0 Å². The van der Waals surface area contributed by atoms with Crippen molar-refractivity contribution >= 4 is 40.4 Å². The molecule has 0 spiro atoms. The smallest absolute Gasteiger partial charge is 0.304 e. The van der Waals surface area contributed by atoms with E-state index in [1.807, 2.05) is 24.3 Å². The van der Waals surface area contributed by atoms with Gasteiger partial charge < -0.3 is 24.2 Å². The van der Waals surface area contributed by atoms with Gasteiger partial charge in [-0.1, -0.05) is 35.8 Å². The molecule has 3 heterocycles. The number of likely N-dealkylation sites (tertiary alicyclic amines) is 1. The minimum Gasteiger partial charge on any atom is -0.487 e. The zero-order valence-corrected chi connectivity index (χ0v) is 21.2. The molecule has 0 bridgehead atoms. The number of carboxylic acid groups (broad SMARTS) is 1. The number of benzene rings is 2. The molecule has 194 valence electrons. The fourth-order valence-corrected chi connectivity index (χ4v) is 5.55. The molecule has 9 nitrogen and oxygen atoms in total. The third kappa shape index (κ3) is 5.00. The fourth-order valence-electron chi connectivity index (χ4n) is 5.29. The van der Waals surface area contributed by atoms with Gasteiger partial charge in [-0.2, -0.15) is 0 Å². The first-order chi connectivity index (χ1) is 17.8. The van der Waals surface area contributed by atoms with Crippen molar-refractivity contribution in [2.75, 3.05) is 19.6 Å². The summed E-state index contributed by atoms with van der Waals surface area (Å²) >= 11 is 6.62. The summed E-state index contributed by atoms with van der Waals surface area (Å²) in [5.74, 6) is -1.42. The maximum absolute atomic E-state index is 13.5. The predicted octanol–water partition coefficient (Wildman–Crippen LogP) is 4.22. The van der Waals surface area contributed by atoms with Gasteiger partial charge in [-0.3, -0.25) is 14.4 Å². The quantitative estimate of drug-likeness (QED) is 0.468. The summed E-state index contributed by atoms with van der Waals surface area (Å²) in [7, 11) is 0. The molecule has 2 aliphatic rings. The lowest BCUT2D eigenvalue weighted by atomic mass is 9.89. The number of aromatic nitrogens is 1. The van der Waals surface area contributed by atoms with E-state index in [1.54, 1.807) is 28.9 Å². The molecule has 2 atom stereocenters. The van der Waals surface area contributed by atoms with Gasteiger partial charge in [0.1, 0.15) is 18.1 Å². The summed E-state index contributed by atoms with van der Waals surface area (Å²) in [4.78, 5) is 40.8. The molecule has 1 aromatic heterocycles. The number of rotatable bonds is 8. The minimum atomic E-state index is -1.03. The number of carbonyl (C=O) groups excluding carboxylic acids is 2. The van der Waals surface area contributed by atoms with E-state index in [4.69, 9.17) is 20.9 Å². The van der Waals surface area contributed by atoms with Crippen LogP contribution in [-0.2, 0) is 27.4 Å². The number of hydrogen-bond donors (Lipinski definition) is 1. The highest BCUT2D eigenvalue weighted by Crippen LogP contribution is 2.42. The third-order valence-corrected chi connectivity index (χ3v) is 7.49. The first-order valence-electron chi connectivity index (χ1n) is 12.4. The largest absolute Gasteiger partial charge is 0.487 e. The van der Waals surface area contributed by atoms with E-state index in [1.165, 1.54) is 0 Å². The summed E-state index contributed by atoms with van der Waals surface area (Å²) in [5.41, 5.74) is 2.93. The molecule has 2 aliphatic heterocycles. The van der Waals surface area contributed by atoms with E-state index in [-0.39, 0.29) is 24.8 Å². The summed E-state index contributed by atoms with van der Waals surface area (Å²) in [6.07, 6.45) is 1.46. The number of halogens is 1. The van der Waals surface area contributed by atoms with Gasteiger partial charge in [0.25, 0.3) is 0 Å². The Balaban J connectivity index is 1.50. The number of nitrogens with zero attached hydrogens (tertiary/aromatic N) is 3. The minimum absolute atomic E-state index is 0.0386. The Kier molecular flexibility index (Phi) is 7.06. The molecule has 3 aromatic rings. The van der Waals surface area contributed by atoms with Crippen LogP contribution in [0.5, 0.6) is 5.75 Å². The van der Waals surface area contributed by atoms with Crippen LogP contribution in [0.4, 0.5) is 0 Å². The Morgan fingerprint density at radius 1 is 1.22 bits per heavy atom. The van der Waals surface area contributed by atoms with Crippen LogP contribution in [0.25, 0.3) is 11.0 Å². The van der Waals surface area contributed by atoms with Crippen molar-refractivity contribution < 1.29 is 28.8 Å². The van der Waals surface area contributed by atoms with Crippen LogP contribution in [0.3, 0.4) is 0 Å². The van der Waals surface area contributed by atoms with Crippen LogP contribution < -0.4 is 4.74 Å². The topological polar surface area (TPSA) is 113 Å². The Morgan fingerprint density at radius 3 is 2.78 bits per heavy atom. The van der Waals surface area contributed by atoms with Gasteiger partial charge in [0.2, 0.25) is 11.8 Å². The Morgan fingerprint density at radius 2 is 2.03 bits per heavy atom. The second-order valence-corrected chi connectivity index (χ2v) is 10.00. The maximum Gasteiger partial charge on any atom is 0.304 e. The number of aliphatic carboxylic acids is 1. The zero-order chi connectivity index (χ0) is 26.1. The first-order valence-corrected chi connectivity index (χ1v) is 12.8. The maximum atomic E-state index is 13.5. The van der Waals surface area contributed by atoms with Crippen molar-refractivity contribution in [2.24, 2.45) is 5.92 Å². The van der Waals surface area contributed by atoms with Crippen molar-refractivity contribution in [3.8, 4) is 5.75 Å². The monoisotopic (exact) mass is 525 g/mol. The van der Waals surface area contributed by atoms with Crippen molar-refractivity contribution in [1.29, 1.82) is 0 Å². The van der Waals surface area contributed by atoms with Crippen LogP contribution >= 0.6 is 11.6 Å². The van der Waals surface area contributed by atoms with Crippen LogP contribution in [-0.4, -0.2) is 57.5 Å². The standard InChI is InChI=1S/C27H28ClN3O6/c1-16(13-25(33)34)27(35)31-12-10-17-19(28)8-9-23(26(17)21(31)14-30-11-4-7-24(30)32)36-15-20-18-5-2-3-6-22(18)37-29-20/h2-3,5-6,8-9,16,21H,4,7,10-15H2,1H3,(H,33,34)/t16-,21-/m1/s1. The fraction of sp³-hybridized carbons (Fsp3) is 0.407. The molecule has 0 aliphatic carbocycles. The molecule has 0 unspecified atom stereocenters. The van der Waals surface area contributed by atoms with Gasteiger partial charge in [-0.25, -0.2) is 0 Å². The van der Waals surface area contributed by atoms with E-state index in [0.29, 0.717) is 54.5 Å². The molecule has 0 radical (unpaired) electrons. The SMILES string of the molecule is C[C@H](CC(=O)O)C(=O)N1CCc2c(Cl)ccc(OCc3noc4ccccc34)c2[C@H]1CN1CCCC1=O. The van der Waals surface area contributed by atoms with Gasteiger partial charge in [0.15, 0.2) is 5.58 Å². The van der Waals surface area contributed by atoms with Gasteiger partial charge in [-0.15, -0.1) is 0 Å². The third-order valence-electron chi connectivity index (χ3n) is 7.14. The number of fused-ring (bicyclic) bond motifs is 2. The van der Waals surface area contributed by atoms with Crippen LogP contribution in [0.15, 0.2) is 40.9 Å². The molecular formula is C27H28ClN3O6. The Bertz CT molecular complexity index is 1360. The highest BCUT2D eigenvalue weighted by Gasteiger charge is 2.39. The molecule has 2 amide bonds. The number of hydrogen-bond acceptors (Lipinski definition) is 6. The lowest BCUT2D eigenvalue weighted by Crippen LogP contribution is -2.47. The van der Waals surface area contributed by atoms with E-state index in [0.717, 1.165) is 22.9 Å². The molecule has 1 saturated heterocycles. The number of para-hydroxylation sites is 1. The van der Waals surface area contributed by atoms with Crippen LogP contribution in [0.1, 0.15) is 49.0 Å². The molecule has 0 saturated carbocycles. The summed E-state index contributed by atoms with van der Waals surface area (Å²) in [6, 6.07) is 10.6. The second-order valence-electron chi connectivity index (χ2n) is 9.59. The normalized spacial score (nSPS) is 18.2. The van der Waals surface area contributed by atoms with E-state index < -0.39 is 17.9 Å². The molecule has 2 aromatic carbocycles. The van der Waals surface area contributed by atoms with Crippen LogP contribution in [0.2, 0.25) is 5.02 Å². The molecule has 37 heavy (non-hydrogen) atoms. The van der Waals surface area contributed by atoms with Crippen molar-refractivity contribution in [1.82, 2.24) is 15.0 Å². The lowest BCUT2D eigenvalue weighted by Gasteiger charge is -2.41. The molecule has 1 fully saturated rings. The number of amides is 2. The summed E-state index contributed by atoms with van der Waals surface area (Å²) in [6.45, 7) is 3.04.